The van der Waals surface area contributed by atoms with Crippen LogP contribution in [0.3, 0.4) is 0 Å². The molecule has 0 radical (unpaired) electrons. The molecule has 0 aliphatic heterocycles. The van der Waals surface area contributed by atoms with E-state index in [2.05, 4.69) is 34.7 Å². The predicted octanol–water partition coefficient (Wildman–Crippen LogP) is 2.02. The fourth-order valence-corrected chi connectivity index (χ4v) is 4.34. The van der Waals surface area contributed by atoms with Crippen LogP contribution in [0.1, 0.15) is 39.0 Å². The van der Waals surface area contributed by atoms with Crippen molar-refractivity contribution in [2.75, 3.05) is 5.32 Å². The van der Waals surface area contributed by atoms with Crippen LogP contribution < -0.4 is 10.6 Å². The van der Waals surface area contributed by atoms with Crippen LogP contribution in [0.4, 0.5) is 6.01 Å². The van der Waals surface area contributed by atoms with Crippen LogP contribution in [0.5, 0.6) is 0 Å². The number of aromatic nitrogens is 2. The van der Waals surface area contributed by atoms with E-state index in [4.69, 9.17) is 4.42 Å². The van der Waals surface area contributed by atoms with E-state index in [9.17, 15) is 0 Å². The molecule has 19 heavy (non-hydrogen) atoms. The zero-order valence-electron chi connectivity index (χ0n) is 11.6. The van der Waals surface area contributed by atoms with E-state index in [1.807, 2.05) is 0 Å². The van der Waals surface area contributed by atoms with E-state index < -0.39 is 0 Å². The number of hydrogen-bond acceptors (Lipinski definition) is 5. The van der Waals surface area contributed by atoms with E-state index in [1.54, 1.807) is 0 Å². The predicted molar refractivity (Wildman–Crippen MR) is 71.5 cm³/mol. The summed E-state index contributed by atoms with van der Waals surface area (Å²) in [6, 6.07) is 1.65. The standard InChI is InChI=1S/C14H22N4O/c1-7(2)15-6-10-17-18-14(19-10)16-13-11-8-3-4-9(5-8)12(11)13/h7-9,11-13,15H,3-6H2,1-2H3,(H,16,18). The second kappa shape index (κ2) is 4.20. The highest BCUT2D eigenvalue weighted by Crippen LogP contribution is 2.66. The SMILES string of the molecule is CC(C)NCc1nnc(NC2C3C4CCC(C4)C23)o1. The van der Waals surface area contributed by atoms with Crippen LogP contribution in [0.2, 0.25) is 0 Å². The van der Waals surface area contributed by atoms with Gasteiger partial charge in [0.2, 0.25) is 5.89 Å². The van der Waals surface area contributed by atoms with Gasteiger partial charge in [-0.05, 0) is 42.9 Å². The molecule has 0 amide bonds. The minimum atomic E-state index is 0.432. The molecule has 4 unspecified atom stereocenters. The van der Waals surface area contributed by atoms with Gasteiger partial charge in [-0.1, -0.05) is 18.9 Å². The van der Waals surface area contributed by atoms with Crippen LogP contribution in [-0.4, -0.2) is 22.3 Å². The molecule has 3 aliphatic carbocycles. The molecule has 0 spiro atoms. The average Bonchev–Trinajstić information content (AvgIpc) is 2.79. The lowest BCUT2D eigenvalue weighted by Crippen LogP contribution is -2.21. The molecule has 2 N–H and O–H groups in total. The minimum absolute atomic E-state index is 0.432. The van der Waals surface area contributed by atoms with Crippen molar-refractivity contribution in [3.8, 4) is 0 Å². The van der Waals surface area contributed by atoms with Gasteiger partial charge in [0, 0.05) is 12.1 Å². The van der Waals surface area contributed by atoms with Crippen molar-refractivity contribution in [3.05, 3.63) is 5.89 Å². The Bertz CT molecular complexity index is 456. The van der Waals surface area contributed by atoms with E-state index in [-0.39, 0.29) is 0 Å². The molecule has 3 fully saturated rings. The molecule has 1 aromatic heterocycles. The summed E-state index contributed by atoms with van der Waals surface area (Å²) in [5.74, 6) is 4.39. The first-order valence-electron chi connectivity index (χ1n) is 7.54. The first-order chi connectivity index (χ1) is 9.22. The van der Waals surface area contributed by atoms with E-state index >= 15 is 0 Å². The number of rotatable bonds is 5. The van der Waals surface area contributed by atoms with Gasteiger partial charge in [-0.2, -0.15) is 0 Å². The van der Waals surface area contributed by atoms with Crippen LogP contribution in [0, 0.1) is 23.7 Å². The van der Waals surface area contributed by atoms with Gasteiger partial charge in [0.05, 0.1) is 6.54 Å². The minimum Gasteiger partial charge on any atom is -0.407 e. The summed E-state index contributed by atoms with van der Waals surface area (Å²) >= 11 is 0. The average molecular weight is 262 g/mol. The molecular formula is C14H22N4O. The summed E-state index contributed by atoms with van der Waals surface area (Å²) in [4.78, 5) is 0. The van der Waals surface area contributed by atoms with Gasteiger partial charge < -0.3 is 15.1 Å². The number of nitrogens with one attached hydrogen (secondary N) is 2. The largest absolute Gasteiger partial charge is 0.407 e. The van der Waals surface area contributed by atoms with Gasteiger partial charge in [-0.3, -0.25) is 0 Å². The maximum atomic E-state index is 5.65. The lowest BCUT2D eigenvalue weighted by atomic mass is 10.0. The summed E-state index contributed by atoms with van der Waals surface area (Å²) in [6.45, 7) is 4.86. The Hall–Kier alpha value is -1.10. The molecular weight excluding hydrogens is 240 g/mol. The number of nitrogens with zero attached hydrogens (tertiary/aromatic N) is 2. The Morgan fingerprint density at radius 3 is 2.63 bits per heavy atom. The van der Waals surface area contributed by atoms with E-state index in [1.165, 1.54) is 19.3 Å². The summed E-state index contributed by atoms with van der Waals surface area (Å²) < 4.78 is 5.65. The van der Waals surface area contributed by atoms with Gasteiger partial charge >= 0.3 is 6.01 Å². The van der Waals surface area contributed by atoms with Crippen molar-refractivity contribution < 1.29 is 4.42 Å². The van der Waals surface area contributed by atoms with Gasteiger partial charge in [-0.15, -0.1) is 5.10 Å². The first-order valence-corrected chi connectivity index (χ1v) is 7.54. The van der Waals surface area contributed by atoms with Gasteiger partial charge in [-0.25, -0.2) is 0 Å². The van der Waals surface area contributed by atoms with Crippen molar-refractivity contribution in [2.24, 2.45) is 23.7 Å². The zero-order valence-corrected chi connectivity index (χ0v) is 11.6. The first kappa shape index (κ1) is 11.7. The van der Waals surface area contributed by atoms with Crippen molar-refractivity contribution >= 4 is 6.01 Å². The van der Waals surface area contributed by atoms with Crippen molar-refractivity contribution in [1.82, 2.24) is 15.5 Å². The molecule has 5 heteroatoms. The van der Waals surface area contributed by atoms with E-state index in [0.29, 0.717) is 30.5 Å². The quantitative estimate of drug-likeness (QED) is 0.850. The highest BCUT2D eigenvalue weighted by molar-refractivity contribution is 5.31. The maximum Gasteiger partial charge on any atom is 0.315 e. The van der Waals surface area contributed by atoms with E-state index in [0.717, 1.165) is 23.7 Å². The Kier molecular flexibility index (Phi) is 2.59. The molecule has 1 aromatic rings. The monoisotopic (exact) mass is 262 g/mol. The molecule has 0 saturated heterocycles. The van der Waals surface area contributed by atoms with Gasteiger partial charge in [0.1, 0.15) is 0 Å². The highest BCUT2D eigenvalue weighted by Gasteiger charge is 2.65. The van der Waals surface area contributed by atoms with Crippen LogP contribution in [-0.2, 0) is 6.54 Å². The molecule has 3 saturated carbocycles. The Morgan fingerprint density at radius 1 is 1.21 bits per heavy atom. The summed E-state index contributed by atoms with van der Waals surface area (Å²) in [7, 11) is 0. The van der Waals surface area contributed by atoms with Gasteiger partial charge in [0.25, 0.3) is 0 Å². The maximum absolute atomic E-state index is 5.65. The summed E-state index contributed by atoms with van der Waals surface area (Å²) in [6.07, 6.45) is 4.36. The normalized spacial score (nSPS) is 38.8. The fourth-order valence-electron chi connectivity index (χ4n) is 4.34. The summed E-state index contributed by atoms with van der Waals surface area (Å²) in [5, 5.41) is 14.9. The van der Waals surface area contributed by atoms with Crippen molar-refractivity contribution in [2.45, 2.75) is 51.7 Å². The lowest BCUT2D eigenvalue weighted by molar-refractivity contribution is 0.453. The third-order valence-electron chi connectivity index (χ3n) is 5.15. The molecule has 4 atom stereocenters. The molecule has 3 aliphatic rings. The van der Waals surface area contributed by atoms with Crippen LogP contribution >= 0.6 is 0 Å². The lowest BCUT2D eigenvalue weighted by Gasteiger charge is -2.08. The second-order valence-electron chi connectivity index (χ2n) is 6.69. The molecule has 4 rings (SSSR count). The zero-order chi connectivity index (χ0) is 13.0. The third-order valence-corrected chi connectivity index (χ3v) is 5.15. The Balaban J connectivity index is 1.35. The number of fused-ring (bicyclic) bond motifs is 5. The number of hydrogen-bond donors (Lipinski definition) is 2. The van der Waals surface area contributed by atoms with Crippen molar-refractivity contribution in [3.63, 3.8) is 0 Å². The second-order valence-corrected chi connectivity index (χ2v) is 6.69. The van der Waals surface area contributed by atoms with Crippen molar-refractivity contribution in [1.29, 1.82) is 0 Å². The van der Waals surface area contributed by atoms with Gasteiger partial charge in [0.15, 0.2) is 0 Å². The third kappa shape index (κ3) is 1.95. The highest BCUT2D eigenvalue weighted by atomic mass is 16.4. The van der Waals surface area contributed by atoms with Crippen LogP contribution in [0.15, 0.2) is 4.42 Å². The topological polar surface area (TPSA) is 63.0 Å². The Morgan fingerprint density at radius 2 is 1.95 bits per heavy atom. The summed E-state index contributed by atoms with van der Waals surface area (Å²) in [5.41, 5.74) is 0. The molecule has 104 valence electrons. The molecule has 2 bridgehead atoms. The Labute approximate surface area is 113 Å². The smallest absolute Gasteiger partial charge is 0.315 e. The van der Waals surface area contributed by atoms with Crippen LogP contribution in [0.25, 0.3) is 0 Å². The molecule has 0 aromatic carbocycles. The number of anilines is 1. The molecule has 5 nitrogen and oxygen atoms in total. The fraction of sp³-hybridized carbons (Fsp3) is 0.857. The molecule has 1 heterocycles.